The molecule has 0 aromatic heterocycles. The average Bonchev–Trinajstić information content (AvgIpc) is 2.13. The van der Waals surface area contributed by atoms with Crippen molar-refractivity contribution >= 4 is 21.9 Å². The Morgan fingerprint density at radius 2 is 1.62 bits per heavy atom. The van der Waals surface area contributed by atoms with E-state index in [4.69, 9.17) is 0 Å². The van der Waals surface area contributed by atoms with Gasteiger partial charge in [0.15, 0.2) is 0 Å². The predicted octanol–water partition coefficient (Wildman–Crippen LogP) is 2.11. The summed E-state index contributed by atoms with van der Waals surface area (Å²) >= 11 is 3.27. The summed E-state index contributed by atoms with van der Waals surface area (Å²) in [6.45, 7) is 0. The topological polar surface area (TPSA) is 40.1 Å². The molecule has 0 aliphatic heterocycles. The normalized spacial score (nSPS) is 46.9. The molecule has 2 nitrogen and oxygen atoms in total. The average molecular weight is 286 g/mol. The van der Waals surface area contributed by atoms with Crippen LogP contribution in [0.2, 0.25) is 0 Å². The highest BCUT2D eigenvalue weighted by molar-refractivity contribution is 9.10. The van der Waals surface area contributed by atoms with Crippen LogP contribution < -0.4 is 5.11 Å². The summed E-state index contributed by atoms with van der Waals surface area (Å²) in [6.07, 6.45) is 8.85. The Morgan fingerprint density at radius 3 is 2.00 bits per heavy atom. The third kappa shape index (κ3) is 1.81. The van der Waals surface area contributed by atoms with Gasteiger partial charge in [0.25, 0.3) is 0 Å². The number of aliphatic carboxylic acids is 1. The molecule has 0 saturated heterocycles. The second-order valence-electron chi connectivity index (χ2n) is 6.41. The van der Waals surface area contributed by atoms with Gasteiger partial charge in [-0.3, -0.25) is 0 Å². The van der Waals surface area contributed by atoms with Crippen LogP contribution in [-0.4, -0.2) is 10.8 Å². The molecule has 0 N–H and O–H groups in total. The van der Waals surface area contributed by atoms with Crippen LogP contribution in [0.4, 0.5) is 0 Å². The van der Waals surface area contributed by atoms with Crippen molar-refractivity contribution in [3.05, 3.63) is 0 Å². The number of rotatable bonds is 3. The largest absolute Gasteiger partial charge is 0.549 e. The van der Waals surface area contributed by atoms with Crippen molar-refractivity contribution in [3.63, 3.8) is 0 Å². The number of hydrogen-bond acceptors (Lipinski definition) is 2. The van der Waals surface area contributed by atoms with E-state index in [-0.39, 0.29) is 0 Å². The minimum atomic E-state index is -0.934. The first kappa shape index (κ1) is 11.1. The second kappa shape index (κ2) is 3.72. The summed E-state index contributed by atoms with van der Waals surface area (Å²) in [7, 11) is 0. The van der Waals surface area contributed by atoms with Crippen molar-refractivity contribution in [3.8, 4) is 0 Å². The van der Waals surface area contributed by atoms with E-state index in [2.05, 4.69) is 15.9 Å². The quantitative estimate of drug-likeness (QED) is 0.745. The number of halogens is 1. The molecule has 0 aromatic carbocycles. The highest BCUT2D eigenvalue weighted by Crippen LogP contribution is 2.61. The van der Waals surface area contributed by atoms with Crippen LogP contribution in [0.3, 0.4) is 0 Å². The fourth-order valence-electron chi connectivity index (χ4n) is 5.00. The lowest BCUT2D eigenvalue weighted by Gasteiger charge is -2.57. The fourth-order valence-corrected chi connectivity index (χ4v) is 5.69. The maximum Gasteiger partial charge on any atom is 0.0551 e. The van der Waals surface area contributed by atoms with Crippen LogP contribution in [0.1, 0.15) is 44.9 Å². The number of carboxylic acids is 1. The first-order valence-electron chi connectivity index (χ1n) is 6.41. The molecule has 16 heavy (non-hydrogen) atoms. The number of carboxylic acid groups (broad SMARTS) is 1. The molecule has 1 atom stereocenters. The number of hydrogen-bond donors (Lipinski definition) is 0. The second-order valence-corrected chi connectivity index (χ2v) is 7.51. The van der Waals surface area contributed by atoms with Gasteiger partial charge < -0.3 is 9.90 Å². The van der Waals surface area contributed by atoms with Gasteiger partial charge in [0, 0.05) is 0 Å². The first-order valence-corrected chi connectivity index (χ1v) is 7.33. The monoisotopic (exact) mass is 285 g/mol. The van der Waals surface area contributed by atoms with E-state index in [1.165, 1.54) is 38.5 Å². The van der Waals surface area contributed by atoms with Crippen molar-refractivity contribution in [2.24, 2.45) is 23.2 Å². The smallest absolute Gasteiger partial charge is 0.0551 e. The minimum absolute atomic E-state index is 0.336. The molecule has 0 unspecified atom stereocenters. The van der Waals surface area contributed by atoms with Crippen LogP contribution in [0, 0.1) is 23.2 Å². The van der Waals surface area contributed by atoms with Crippen LogP contribution in [0.15, 0.2) is 0 Å². The number of carbonyl (C=O) groups is 1. The Labute approximate surface area is 105 Å². The highest BCUT2D eigenvalue weighted by Gasteiger charge is 2.51. The predicted molar refractivity (Wildman–Crippen MR) is 62.9 cm³/mol. The minimum Gasteiger partial charge on any atom is -0.549 e. The Bertz CT molecular complexity index is 278. The SMILES string of the molecule is O=C([O-])[C@@H](Br)CC12CC3CC(CC(C3)C1)C2. The molecular weight excluding hydrogens is 268 g/mol. The van der Waals surface area contributed by atoms with Gasteiger partial charge in [0.1, 0.15) is 0 Å². The molecule has 4 fully saturated rings. The van der Waals surface area contributed by atoms with Gasteiger partial charge in [0.2, 0.25) is 0 Å². The Kier molecular flexibility index (Phi) is 2.58. The van der Waals surface area contributed by atoms with E-state index in [1.54, 1.807) is 0 Å². The first-order chi connectivity index (χ1) is 7.56. The van der Waals surface area contributed by atoms with Gasteiger partial charge in [-0.25, -0.2) is 0 Å². The van der Waals surface area contributed by atoms with Gasteiger partial charge >= 0.3 is 0 Å². The third-order valence-electron chi connectivity index (χ3n) is 5.03. The van der Waals surface area contributed by atoms with Crippen LogP contribution in [0.25, 0.3) is 0 Å². The van der Waals surface area contributed by atoms with Crippen molar-refractivity contribution in [1.82, 2.24) is 0 Å². The van der Waals surface area contributed by atoms with Crippen LogP contribution in [-0.2, 0) is 4.79 Å². The molecule has 0 radical (unpaired) electrons. The molecule has 4 bridgehead atoms. The van der Waals surface area contributed by atoms with E-state index in [0.717, 1.165) is 24.2 Å². The zero-order valence-electron chi connectivity index (χ0n) is 9.45. The Balaban J connectivity index is 1.76. The maximum atomic E-state index is 10.9. The molecular formula is C13H18BrO2-. The molecule has 0 spiro atoms. The molecule has 4 aliphatic rings. The van der Waals surface area contributed by atoms with Crippen molar-refractivity contribution in [1.29, 1.82) is 0 Å². The Hall–Kier alpha value is -0.0500. The zero-order chi connectivity index (χ0) is 11.3. The fraction of sp³-hybridized carbons (Fsp3) is 0.923. The lowest BCUT2D eigenvalue weighted by molar-refractivity contribution is -0.305. The van der Waals surface area contributed by atoms with Crippen molar-refractivity contribution in [2.75, 3.05) is 0 Å². The summed E-state index contributed by atoms with van der Waals surface area (Å²) < 4.78 is 0. The van der Waals surface area contributed by atoms with E-state index < -0.39 is 10.8 Å². The Morgan fingerprint density at radius 1 is 1.19 bits per heavy atom. The molecule has 4 rings (SSSR count). The molecule has 0 heterocycles. The lowest BCUT2D eigenvalue weighted by atomic mass is 9.48. The lowest BCUT2D eigenvalue weighted by Crippen LogP contribution is -2.48. The zero-order valence-corrected chi connectivity index (χ0v) is 11.0. The summed E-state index contributed by atoms with van der Waals surface area (Å²) in [4.78, 5) is 10.4. The van der Waals surface area contributed by atoms with Gasteiger partial charge in [-0.2, -0.15) is 0 Å². The van der Waals surface area contributed by atoms with Crippen molar-refractivity contribution < 1.29 is 9.90 Å². The van der Waals surface area contributed by atoms with Crippen molar-refractivity contribution in [2.45, 2.75) is 49.8 Å². The summed E-state index contributed by atoms with van der Waals surface area (Å²) in [6, 6.07) is 0. The van der Waals surface area contributed by atoms with Gasteiger partial charge in [-0.15, -0.1) is 0 Å². The summed E-state index contributed by atoms with van der Waals surface area (Å²) in [5, 5.41) is 10.9. The molecule has 0 aromatic rings. The van der Waals surface area contributed by atoms with E-state index in [1.807, 2.05) is 0 Å². The van der Waals surface area contributed by atoms with E-state index in [9.17, 15) is 9.90 Å². The molecule has 4 saturated carbocycles. The third-order valence-corrected chi connectivity index (χ3v) is 5.73. The summed E-state index contributed by atoms with van der Waals surface area (Å²) in [5.74, 6) is 1.75. The molecule has 3 heteroatoms. The highest BCUT2D eigenvalue weighted by atomic mass is 79.9. The molecule has 4 aliphatic carbocycles. The van der Waals surface area contributed by atoms with Crippen LogP contribution >= 0.6 is 15.9 Å². The van der Waals surface area contributed by atoms with E-state index >= 15 is 0 Å². The molecule has 90 valence electrons. The van der Waals surface area contributed by atoms with Gasteiger partial charge in [-0.1, -0.05) is 15.9 Å². The maximum absolute atomic E-state index is 10.9. The summed E-state index contributed by atoms with van der Waals surface area (Å²) in [5.41, 5.74) is 0.336. The number of alkyl halides is 1. The van der Waals surface area contributed by atoms with E-state index in [0.29, 0.717) is 5.41 Å². The number of carbonyl (C=O) groups excluding carboxylic acids is 1. The standard InChI is InChI=1S/C13H19BrO2/c14-11(12(15)16)7-13-4-8-1-9(5-13)3-10(2-8)6-13/h8-11H,1-7H2,(H,15,16)/p-1/t8?,9?,10?,11-,13?/m0/s1. The molecule has 0 amide bonds. The van der Waals surface area contributed by atoms with Gasteiger partial charge in [0.05, 0.1) is 10.8 Å². The van der Waals surface area contributed by atoms with Gasteiger partial charge in [-0.05, 0) is 68.1 Å². The van der Waals surface area contributed by atoms with Crippen LogP contribution in [0.5, 0.6) is 0 Å².